The molecule has 7 amide bonds. The number of nitrogens with zero attached hydrogens (tertiary/aromatic N) is 2. The van der Waals surface area contributed by atoms with E-state index in [9.17, 15) is 86.9 Å². The predicted molar refractivity (Wildman–Crippen MR) is 434 cm³/mol. The Morgan fingerprint density at radius 2 is 0.889 bits per heavy atom. The number of carbonyl (C=O) groups is 11. The van der Waals surface area contributed by atoms with Gasteiger partial charge >= 0.3 is 48.6 Å². The van der Waals surface area contributed by atoms with Gasteiger partial charge in [-0.05, 0) is 172 Å². The first-order valence-electron chi connectivity index (χ1n) is 40.0. The van der Waals surface area contributed by atoms with Gasteiger partial charge in [-0.25, -0.2) is 19.2 Å². The molecule has 2 saturated carbocycles. The zero-order valence-electron chi connectivity index (χ0n) is 68.9. The molecule has 1 aliphatic heterocycles. The van der Waals surface area contributed by atoms with E-state index in [0.29, 0.717) is 57.2 Å². The number of fused-ring (bicyclic) bond motifs is 1. The molecule has 1 unspecified atom stereocenters. The van der Waals surface area contributed by atoms with Crippen molar-refractivity contribution < 1.29 is 136 Å². The van der Waals surface area contributed by atoms with Gasteiger partial charge in [0.05, 0.1) is 30.2 Å². The summed E-state index contributed by atoms with van der Waals surface area (Å²) in [5.41, 5.74) is 37.1. The number of halogens is 12. The summed E-state index contributed by atoms with van der Waals surface area (Å²) in [4.78, 5) is 144. The van der Waals surface area contributed by atoms with Gasteiger partial charge < -0.3 is 96.1 Å². The molecule has 2 fully saturated rings. The Labute approximate surface area is 717 Å². The van der Waals surface area contributed by atoms with E-state index in [0.717, 1.165) is 83.9 Å². The Kier molecular flexibility index (Phi) is 43.6. The Hall–Kier alpha value is -11.9. The van der Waals surface area contributed by atoms with Crippen LogP contribution < -0.4 is 65.9 Å². The molecule has 696 valence electrons. The van der Waals surface area contributed by atoms with E-state index in [1.54, 1.807) is 41.3 Å². The van der Waals surface area contributed by atoms with Crippen LogP contribution in [0.4, 0.5) is 52.7 Å². The van der Waals surface area contributed by atoms with Gasteiger partial charge in [-0.3, -0.25) is 43.9 Å². The van der Waals surface area contributed by atoms with Gasteiger partial charge in [0, 0.05) is 38.1 Å². The van der Waals surface area contributed by atoms with Gasteiger partial charge in [0.15, 0.2) is 5.96 Å². The molecule has 5 aromatic carbocycles. The van der Waals surface area contributed by atoms with Crippen LogP contribution in [0.1, 0.15) is 141 Å². The molecule has 2 aliphatic carbocycles. The second-order valence-corrected chi connectivity index (χ2v) is 30.2. The number of unbranched alkanes of at least 4 members (excludes halogenated alkanes) is 1. The number of rotatable bonds is 34. The number of nitrogens with two attached hydrogens (primary N) is 5. The Morgan fingerprint density at radius 1 is 0.468 bits per heavy atom. The highest BCUT2D eigenvalue weighted by atomic mass is 19.4. The molecule has 0 aromatic heterocycles. The van der Waals surface area contributed by atoms with Gasteiger partial charge in [0.2, 0.25) is 41.4 Å². The number of aryl methyl sites for hydroxylation is 2. The van der Waals surface area contributed by atoms with Crippen LogP contribution in [0.3, 0.4) is 0 Å². The molecule has 43 heteroatoms. The second kappa shape index (κ2) is 51.5. The lowest BCUT2D eigenvalue weighted by Gasteiger charge is -2.39. The number of carboxylic acids is 4. The summed E-state index contributed by atoms with van der Waals surface area (Å²) in [5, 5.41) is 70.6. The predicted octanol–water partition coefficient (Wildman–Crippen LogP) is 6.72. The van der Waals surface area contributed by atoms with Crippen LogP contribution in [0, 0.1) is 19.8 Å². The van der Waals surface area contributed by atoms with Crippen molar-refractivity contribution >= 4 is 71.2 Å². The summed E-state index contributed by atoms with van der Waals surface area (Å²) in [6.45, 7) is 4.58. The molecule has 1 heterocycles. The van der Waals surface area contributed by atoms with Gasteiger partial charge in [-0.15, -0.1) is 0 Å². The number of phenols is 2. The molecular weight excluding hydrogens is 1690 g/mol. The van der Waals surface area contributed by atoms with Crippen LogP contribution in [0.5, 0.6) is 11.5 Å². The van der Waals surface area contributed by atoms with Crippen molar-refractivity contribution in [1.82, 2.24) is 42.1 Å². The Bertz CT molecular complexity index is 4270. The van der Waals surface area contributed by atoms with E-state index in [1.165, 1.54) is 0 Å². The molecule has 0 spiro atoms. The average Bonchev–Trinajstić information content (AvgIpc) is 0.794. The minimum atomic E-state index is -5.08. The maximum absolute atomic E-state index is 15.2. The summed E-state index contributed by atoms with van der Waals surface area (Å²) >= 11 is 0. The topological polar surface area (TPSA) is 539 Å². The number of carbonyl (C=O) groups excluding carboxylic acids is 7. The summed E-state index contributed by atoms with van der Waals surface area (Å²) in [5.74, 6) is -14.0. The fourth-order valence-electron chi connectivity index (χ4n) is 13.9. The maximum atomic E-state index is 15.2. The quantitative estimate of drug-likeness (QED) is 0.00879. The van der Waals surface area contributed by atoms with E-state index in [4.69, 9.17) is 68.3 Å². The first-order chi connectivity index (χ1) is 59.0. The second-order valence-electron chi connectivity index (χ2n) is 30.2. The maximum Gasteiger partial charge on any atom is 0.490 e. The number of hydrogen-bond donors (Lipinski definition) is 18. The van der Waals surface area contributed by atoms with Crippen molar-refractivity contribution in [3.8, 4) is 11.5 Å². The van der Waals surface area contributed by atoms with Crippen LogP contribution in [0.2, 0.25) is 0 Å². The van der Waals surface area contributed by atoms with Crippen molar-refractivity contribution in [2.24, 2.45) is 39.6 Å². The highest BCUT2D eigenvalue weighted by molar-refractivity contribution is 5.95. The van der Waals surface area contributed by atoms with Crippen molar-refractivity contribution in [3.63, 3.8) is 0 Å². The molecule has 31 nitrogen and oxygen atoms in total. The molecule has 0 saturated heterocycles. The number of benzene rings is 5. The number of phenolic OH excluding ortho intramolecular Hbond substituents is 2. The minimum absolute atomic E-state index is 0.0232. The third kappa shape index (κ3) is 38.7. The lowest BCUT2D eigenvalue weighted by molar-refractivity contribution is -0.193. The zero-order valence-corrected chi connectivity index (χ0v) is 68.9. The molecule has 3 aliphatic rings. The van der Waals surface area contributed by atoms with Gasteiger partial charge in [0.25, 0.3) is 0 Å². The van der Waals surface area contributed by atoms with Crippen molar-refractivity contribution in [3.05, 3.63) is 166 Å². The summed E-state index contributed by atoms with van der Waals surface area (Å²) in [6.07, 6.45) is -9.43. The molecule has 5 aromatic rings. The number of aliphatic imine (C=N–C) groups is 1. The molecule has 8 rings (SSSR count). The minimum Gasteiger partial charge on any atom is -0.508 e. The monoisotopic (exact) mass is 1800 g/mol. The van der Waals surface area contributed by atoms with Crippen LogP contribution in [-0.2, 0) is 91.4 Å². The molecule has 126 heavy (non-hydrogen) atoms. The van der Waals surface area contributed by atoms with E-state index in [2.05, 4.69) is 42.2 Å². The van der Waals surface area contributed by atoms with Crippen molar-refractivity contribution in [2.75, 3.05) is 19.6 Å². The molecule has 23 N–H and O–H groups in total. The number of amides is 7. The fourth-order valence-corrected chi connectivity index (χ4v) is 13.9. The van der Waals surface area contributed by atoms with Crippen molar-refractivity contribution in [1.29, 1.82) is 0 Å². The van der Waals surface area contributed by atoms with Crippen LogP contribution in [-0.4, -0.2) is 211 Å². The Morgan fingerprint density at radius 3 is 1.37 bits per heavy atom. The van der Waals surface area contributed by atoms with Crippen LogP contribution in [0.15, 0.2) is 126 Å². The molecular formula is C83H108F12N14O17. The van der Waals surface area contributed by atoms with E-state index in [1.807, 2.05) is 98.8 Å². The van der Waals surface area contributed by atoms with E-state index >= 15 is 9.59 Å². The first-order valence-corrected chi connectivity index (χ1v) is 40.0. The SMILES string of the molecule is Cc1cc(O)cc(C)c1C[C@H](N)C(=O)N[C@H](CCCN=C(N)N)C(=O)N[C@@H](Cc1ccccc1)C(=O)N[C@@H](CCCCN)C(=O)N[C@@H]1CCCC[C@@H]1NC(=O)[C@H](Cc1ccccc1)N[C@H](CC1CCCCC1)C(=O)NCC1Cc2ccccc2CN1C(=O)[C@@H](N)Cc1ccc(O)cc1.O=C(O)C(F)(F)F.O=C(O)C(F)(F)F.O=C(O)C(F)(F)F.O=C(O)C(F)(F)F. The molecule has 0 bridgehead atoms. The number of guanidine groups is 1. The number of nitrogens with one attached hydrogen (secondary N) is 7. The molecule has 0 radical (unpaired) electrons. The average molecular weight is 1800 g/mol. The fraction of sp³-hybridized carbons (Fsp3) is 0.494. The number of hydrogen-bond acceptors (Lipinski definition) is 18. The van der Waals surface area contributed by atoms with Crippen molar-refractivity contribution in [2.45, 2.75) is 234 Å². The van der Waals surface area contributed by atoms with Gasteiger partial charge in [0.1, 0.15) is 29.6 Å². The lowest BCUT2D eigenvalue weighted by Crippen LogP contribution is -2.62. The number of aliphatic carboxylic acids is 4. The third-order valence-corrected chi connectivity index (χ3v) is 20.4. The normalized spacial score (nSPS) is 16.8. The third-order valence-electron chi connectivity index (χ3n) is 20.4. The highest BCUT2D eigenvalue weighted by Crippen LogP contribution is 2.30. The van der Waals surface area contributed by atoms with E-state index in [-0.39, 0.29) is 99.1 Å². The summed E-state index contributed by atoms with van der Waals surface area (Å²) in [7, 11) is 0. The number of carboxylic acid groups (broad SMARTS) is 4. The highest BCUT2D eigenvalue weighted by Gasteiger charge is 2.43. The summed E-state index contributed by atoms with van der Waals surface area (Å²) in [6, 6.07) is 27.8. The first kappa shape index (κ1) is 106. The number of alkyl halides is 12. The smallest absolute Gasteiger partial charge is 0.490 e. The number of aromatic hydroxyl groups is 2. The zero-order chi connectivity index (χ0) is 94.4. The van der Waals surface area contributed by atoms with Crippen LogP contribution >= 0.6 is 0 Å². The summed E-state index contributed by atoms with van der Waals surface area (Å²) < 4.78 is 127. The standard InChI is InChI=1S/C75H104N14O9.4C2HF3O2/c1-47-37-57(91)38-48(2)58(47)44-59(77)68(92)86-64(30-18-36-81-75(79)80)71(95)88-67(42-51-23-10-5-11-24-51)73(97)87-63(29-16-17-35-76)70(94)84-61-27-14-15-28-62(61)85-72(96)66(41-50-21-8-4-9-22-50)83-65(40-49-19-6-3-7-20-49)69(93)82-45-55-43-53-25-12-13-26-54(53)46-89(55)74(98)60(78)39-52-31-33-56(90)34-32-52;4*3-2(4,5)1(6)7/h4-5,8-13,21-26,31-34,37-38,49,55,59-67,83,90-91H,3,6-7,14-20,27-30,35-36,39-46,76-78H2,1-2H3,(H,82,93)(H,84,94)(H,85,96)(H,86,92)(H,87,97)(H,88,95)(H4,79,80,81);4*(H,6,7)/t55?,59-,60-,61+,62-,63-,64+,65+,66-,67-;;;;/m0..../s1. The van der Waals surface area contributed by atoms with Gasteiger partial charge in [-0.1, -0.05) is 142 Å². The van der Waals surface area contributed by atoms with E-state index < -0.39 is 133 Å². The molecule has 10 atom stereocenters. The van der Waals surface area contributed by atoms with Crippen LogP contribution in [0.25, 0.3) is 0 Å². The van der Waals surface area contributed by atoms with Gasteiger partial charge in [-0.2, -0.15) is 52.7 Å². The lowest BCUT2D eigenvalue weighted by atomic mass is 9.84. The Balaban J connectivity index is 0.00000102. The largest absolute Gasteiger partial charge is 0.508 e.